The van der Waals surface area contributed by atoms with Crippen molar-refractivity contribution >= 4 is 5.91 Å². The first-order valence-electron chi connectivity index (χ1n) is 7.12. The summed E-state index contributed by atoms with van der Waals surface area (Å²) in [4.78, 5) is 15.7. The number of pyridine rings is 1. The second-order valence-corrected chi connectivity index (χ2v) is 6.73. The van der Waals surface area contributed by atoms with Crippen LogP contribution in [0.15, 0.2) is 18.3 Å². The van der Waals surface area contributed by atoms with Gasteiger partial charge in [-0.3, -0.25) is 4.79 Å². The van der Waals surface area contributed by atoms with Gasteiger partial charge in [-0.2, -0.15) is 4.39 Å². The van der Waals surface area contributed by atoms with Gasteiger partial charge in [0.15, 0.2) is 0 Å². The number of hydrogen-bond acceptors (Lipinski definition) is 2. The van der Waals surface area contributed by atoms with Gasteiger partial charge < -0.3 is 5.32 Å². The third kappa shape index (κ3) is 5.27. The number of hydrogen-bond donors (Lipinski definition) is 1. The van der Waals surface area contributed by atoms with Crippen molar-refractivity contribution in [3.05, 3.63) is 29.8 Å². The number of carbonyl (C=O) groups is 1. The van der Waals surface area contributed by atoms with Crippen molar-refractivity contribution in [3.8, 4) is 0 Å². The second-order valence-electron chi connectivity index (χ2n) is 6.73. The molecule has 112 valence electrons. The minimum atomic E-state index is -0.632. The molecule has 0 fully saturated rings. The molecule has 0 aliphatic carbocycles. The van der Waals surface area contributed by atoms with E-state index in [0.29, 0.717) is 11.5 Å². The number of halogens is 1. The van der Waals surface area contributed by atoms with Crippen LogP contribution in [-0.2, 0) is 0 Å². The number of nitrogens with one attached hydrogen (secondary N) is 1. The highest BCUT2D eigenvalue weighted by Crippen LogP contribution is 2.24. The molecule has 3 nitrogen and oxygen atoms in total. The molecule has 1 N–H and O–H groups in total. The van der Waals surface area contributed by atoms with Crippen LogP contribution in [0.2, 0.25) is 0 Å². The fourth-order valence-electron chi connectivity index (χ4n) is 2.01. The topological polar surface area (TPSA) is 42.0 Å². The number of rotatable bonds is 5. The Hall–Kier alpha value is -1.45. The molecule has 0 saturated heterocycles. The van der Waals surface area contributed by atoms with E-state index in [1.165, 1.54) is 12.3 Å². The van der Waals surface area contributed by atoms with Gasteiger partial charge in [0.1, 0.15) is 0 Å². The van der Waals surface area contributed by atoms with Gasteiger partial charge in [0.05, 0.1) is 0 Å². The lowest BCUT2D eigenvalue weighted by Gasteiger charge is -2.32. The molecular weight excluding hydrogens is 255 g/mol. The summed E-state index contributed by atoms with van der Waals surface area (Å²) in [6.07, 6.45) is 3.28. The average molecular weight is 280 g/mol. The van der Waals surface area contributed by atoms with E-state index in [-0.39, 0.29) is 17.4 Å². The van der Waals surface area contributed by atoms with E-state index in [1.54, 1.807) is 0 Å². The molecule has 0 aliphatic heterocycles. The van der Waals surface area contributed by atoms with Crippen molar-refractivity contribution in [1.29, 1.82) is 0 Å². The standard InChI is InChI=1S/C16H25FN2O/c1-11(2)6-7-13(16(3,4)5)19-15(20)12-8-9-18-14(17)10-12/h8-11,13H,6-7H2,1-5H3,(H,19,20). The van der Waals surface area contributed by atoms with Gasteiger partial charge in [-0.05, 0) is 30.2 Å². The predicted molar refractivity (Wildman–Crippen MR) is 79.0 cm³/mol. The minimum Gasteiger partial charge on any atom is -0.349 e. The van der Waals surface area contributed by atoms with Gasteiger partial charge in [-0.1, -0.05) is 34.6 Å². The molecule has 1 unspecified atom stereocenters. The Morgan fingerprint density at radius 3 is 2.50 bits per heavy atom. The SMILES string of the molecule is CC(C)CCC(NC(=O)c1ccnc(F)c1)C(C)(C)C. The summed E-state index contributed by atoms with van der Waals surface area (Å²) in [5.41, 5.74) is 0.284. The summed E-state index contributed by atoms with van der Waals surface area (Å²) < 4.78 is 13.1. The van der Waals surface area contributed by atoms with E-state index >= 15 is 0 Å². The van der Waals surface area contributed by atoms with Gasteiger partial charge in [0.25, 0.3) is 5.91 Å². The minimum absolute atomic E-state index is 0.0316. The summed E-state index contributed by atoms with van der Waals surface area (Å²) in [6.45, 7) is 10.6. The van der Waals surface area contributed by atoms with Crippen LogP contribution in [0.5, 0.6) is 0 Å². The average Bonchev–Trinajstić information content (AvgIpc) is 2.32. The summed E-state index contributed by atoms with van der Waals surface area (Å²) in [7, 11) is 0. The van der Waals surface area contributed by atoms with Crippen LogP contribution in [0.4, 0.5) is 4.39 Å². The van der Waals surface area contributed by atoms with E-state index in [9.17, 15) is 9.18 Å². The molecule has 20 heavy (non-hydrogen) atoms. The van der Waals surface area contributed by atoms with Crippen LogP contribution in [0, 0.1) is 17.3 Å². The molecule has 1 rings (SSSR count). The fourth-order valence-corrected chi connectivity index (χ4v) is 2.01. The molecule has 1 aromatic heterocycles. The van der Waals surface area contributed by atoms with Crippen LogP contribution in [0.3, 0.4) is 0 Å². The maximum Gasteiger partial charge on any atom is 0.251 e. The molecule has 0 radical (unpaired) electrons. The summed E-state index contributed by atoms with van der Waals surface area (Å²) in [5, 5.41) is 3.02. The van der Waals surface area contributed by atoms with Crippen molar-refractivity contribution < 1.29 is 9.18 Å². The molecular formula is C16H25FN2O. The smallest absolute Gasteiger partial charge is 0.251 e. The van der Waals surface area contributed by atoms with Crippen molar-refractivity contribution in [2.24, 2.45) is 11.3 Å². The Labute approximate surface area is 121 Å². The first kappa shape index (κ1) is 16.6. The second kappa shape index (κ2) is 6.82. The number of carbonyl (C=O) groups excluding carboxylic acids is 1. The van der Waals surface area contributed by atoms with Gasteiger partial charge in [0.2, 0.25) is 5.95 Å². The summed E-state index contributed by atoms with van der Waals surface area (Å²) in [5.74, 6) is -0.280. The Bertz CT molecular complexity index is 452. The number of amides is 1. The van der Waals surface area contributed by atoms with E-state index in [4.69, 9.17) is 0 Å². The third-order valence-electron chi connectivity index (χ3n) is 3.37. The molecule has 0 spiro atoms. The molecule has 0 bridgehead atoms. The lowest BCUT2D eigenvalue weighted by molar-refractivity contribution is 0.0893. The number of nitrogens with zero attached hydrogens (tertiary/aromatic N) is 1. The Kier molecular flexibility index (Phi) is 5.66. The van der Waals surface area contributed by atoms with Crippen LogP contribution < -0.4 is 5.32 Å². The Morgan fingerprint density at radius 1 is 1.35 bits per heavy atom. The van der Waals surface area contributed by atoms with Crippen molar-refractivity contribution in [2.75, 3.05) is 0 Å². The van der Waals surface area contributed by atoms with E-state index < -0.39 is 5.95 Å². The maximum atomic E-state index is 13.1. The quantitative estimate of drug-likeness (QED) is 0.833. The molecule has 1 atom stereocenters. The zero-order valence-corrected chi connectivity index (χ0v) is 13.0. The molecule has 4 heteroatoms. The highest BCUT2D eigenvalue weighted by molar-refractivity contribution is 5.94. The molecule has 1 heterocycles. The predicted octanol–water partition coefficient (Wildman–Crippen LogP) is 3.80. The molecule has 1 amide bonds. The molecule has 0 aliphatic rings. The molecule has 0 aromatic carbocycles. The normalized spacial score (nSPS) is 13.3. The molecule has 1 aromatic rings. The molecule has 0 saturated carbocycles. The van der Waals surface area contributed by atoms with Crippen molar-refractivity contribution in [2.45, 2.75) is 53.5 Å². The lowest BCUT2D eigenvalue weighted by Crippen LogP contribution is -2.43. The van der Waals surface area contributed by atoms with Crippen molar-refractivity contribution in [3.63, 3.8) is 0 Å². The highest BCUT2D eigenvalue weighted by Gasteiger charge is 2.26. The van der Waals surface area contributed by atoms with Gasteiger partial charge >= 0.3 is 0 Å². The van der Waals surface area contributed by atoms with Crippen LogP contribution in [0.1, 0.15) is 57.8 Å². The van der Waals surface area contributed by atoms with Gasteiger partial charge in [-0.25, -0.2) is 4.98 Å². The summed E-state index contributed by atoms with van der Waals surface area (Å²) in [6, 6.07) is 2.76. The van der Waals surface area contributed by atoms with Crippen LogP contribution in [-0.4, -0.2) is 16.9 Å². The van der Waals surface area contributed by atoms with Gasteiger partial charge in [0, 0.05) is 23.9 Å². The van der Waals surface area contributed by atoms with Crippen molar-refractivity contribution in [1.82, 2.24) is 10.3 Å². The van der Waals surface area contributed by atoms with Crippen LogP contribution in [0.25, 0.3) is 0 Å². The Balaban J connectivity index is 2.76. The number of aromatic nitrogens is 1. The largest absolute Gasteiger partial charge is 0.349 e. The fraction of sp³-hybridized carbons (Fsp3) is 0.625. The Morgan fingerprint density at radius 2 is 2.00 bits per heavy atom. The first-order chi connectivity index (χ1) is 9.20. The lowest BCUT2D eigenvalue weighted by atomic mass is 9.82. The first-order valence-corrected chi connectivity index (χ1v) is 7.12. The monoisotopic (exact) mass is 280 g/mol. The maximum absolute atomic E-state index is 13.1. The van der Waals surface area contributed by atoms with E-state index in [2.05, 4.69) is 44.9 Å². The third-order valence-corrected chi connectivity index (χ3v) is 3.37. The van der Waals surface area contributed by atoms with E-state index in [1.807, 2.05) is 0 Å². The highest BCUT2D eigenvalue weighted by atomic mass is 19.1. The zero-order chi connectivity index (χ0) is 15.3. The van der Waals surface area contributed by atoms with E-state index in [0.717, 1.165) is 18.9 Å². The zero-order valence-electron chi connectivity index (χ0n) is 13.0. The van der Waals surface area contributed by atoms with Crippen LogP contribution >= 0.6 is 0 Å². The van der Waals surface area contributed by atoms with Gasteiger partial charge in [-0.15, -0.1) is 0 Å². The summed E-state index contributed by atoms with van der Waals surface area (Å²) >= 11 is 0.